The van der Waals surface area contributed by atoms with Crippen LogP contribution >= 0.6 is 0 Å². The molecule has 2 N–H and O–H groups in total. The number of hydrogen-bond donors (Lipinski definition) is 1. The zero-order valence-electron chi connectivity index (χ0n) is 9.27. The Morgan fingerprint density at radius 1 is 1.47 bits per heavy atom. The van der Waals surface area contributed by atoms with Gasteiger partial charge in [-0.1, -0.05) is 5.16 Å². The molecule has 0 fully saturated rings. The van der Waals surface area contributed by atoms with Gasteiger partial charge in [-0.05, 0) is 20.8 Å². The number of nitrogens with two attached hydrogens (primary N) is 1. The molecule has 1 aromatic rings. The standard InChI is InChI=1S/C9H17N3O3/c1-4-13-9-11-8(12-15-9)7(10)5-14-6(2)3/h6-7H,4-5,10H2,1-3H3. The lowest BCUT2D eigenvalue weighted by atomic mass is 10.3. The van der Waals surface area contributed by atoms with Crippen molar-refractivity contribution in [2.24, 2.45) is 5.73 Å². The maximum absolute atomic E-state index is 5.79. The Morgan fingerprint density at radius 2 is 2.20 bits per heavy atom. The number of hydrogen-bond acceptors (Lipinski definition) is 6. The maximum Gasteiger partial charge on any atom is 0.417 e. The van der Waals surface area contributed by atoms with E-state index in [0.717, 1.165) is 0 Å². The molecule has 0 aromatic carbocycles. The van der Waals surface area contributed by atoms with Gasteiger partial charge >= 0.3 is 6.08 Å². The van der Waals surface area contributed by atoms with Crippen molar-refractivity contribution in [3.63, 3.8) is 0 Å². The summed E-state index contributed by atoms with van der Waals surface area (Å²) < 4.78 is 15.2. The van der Waals surface area contributed by atoms with E-state index in [1.54, 1.807) is 0 Å². The van der Waals surface area contributed by atoms with Crippen LogP contribution in [0.4, 0.5) is 0 Å². The van der Waals surface area contributed by atoms with Crippen LogP contribution in [0.2, 0.25) is 0 Å². The molecule has 86 valence electrons. The smallest absolute Gasteiger partial charge is 0.417 e. The van der Waals surface area contributed by atoms with Crippen molar-refractivity contribution in [2.75, 3.05) is 13.2 Å². The highest BCUT2D eigenvalue weighted by Crippen LogP contribution is 2.12. The van der Waals surface area contributed by atoms with Gasteiger partial charge in [0.15, 0.2) is 5.82 Å². The molecule has 0 saturated carbocycles. The highest BCUT2D eigenvalue weighted by Gasteiger charge is 2.15. The van der Waals surface area contributed by atoms with Gasteiger partial charge < -0.3 is 15.2 Å². The summed E-state index contributed by atoms with van der Waals surface area (Å²) in [5.41, 5.74) is 5.79. The molecule has 6 heteroatoms. The fourth-order valence-corrected chi connectivity index (χ4v) is 0.924. The van der Waals surface area contributed by atoms with Crippen molar-refractivity contribution in [2.45, 2.75) is 32.9 Å². The topological polar surface area (TPSA) is 83.4 Å². The van der Waals surface area contributed by atoms with E-state index in [4.69, 9.17) is 19.7 Å². The Bertz CT molecular complexity index is 288. The molecule has 0 aliphatic rings. The summed E-state index contributed by atoms with van der Waals surface area (Å²) in [6, 6.07) is -0.384. The second-order valence-electron chi connectivity index (χ2n) is 3.34. The number of aromatic nitrogens is 2. The zero-order chi connectivity index (χ0) is 11.3. The Kier molecular flexibility index (Phi) is 4.51. The van der Waals surface area contributed by atoms with Crippen LogP contribution in [0.5, 0.6) is 6.08 Å². The SMILES string of the molecule is CCOc1nc(C(N)COC(C)C)no1. The first-order chi connectivity index (χ1) is 7.13. The van der Waals surface area contributed by atoms with Crippen LogP contribution in [-0.4, -0.2) is 29.5 Å². The molecular weight excluding hydrogens is 198 g/mol. The van der Waals surface area contributed by atoms with Crippen LogP contribution in [-0.2, 0) is 4.74 Å². The molecule has 0 saturated heterocycles. The minimum Gasteiger partial charge on any atom is -0.449 e. The van der Waals surface area contributed by atoms with Crippen LogP contribution in [0.1, 0.15) is 32.6 Å². The van der Waals surface area contributed by atoms with Gasteiger partial charge in [0.1, 0.15) is 0 Å². The molecule has 0 aliphatic heterocycles. The molecule has 0 radical (unpaired) electrons. The summed E-state index contributed by atoms with van der Waals surface area (Å²) in [5.74, 6) is 0.402. The molecule has 0 bridgehead atoms. The molecule has 0 aliphatic carbocycles. The molecule has 6 nitrogen and oxygen atoms in total. The lowest BCUT2D eigenvalue weighted by Gasteiger charge is -2.10. The Labute approximate surface area is 88.7 Å². The first-order valence-corrected chi connectivity index (χ1v) is 4.97. The maximum atomic E-state index is 5.79. The normalized spacial score (nSPS) is 13.1. The van der Waals surface area contributed by atoms with Gasteiger partial charge in [0.05, 0.1) is 25.4 Å². The van der Waals surface area contributed by atoms with Crippen LogP contribution in [0, 0.1) is 0 Å². The third-order valence-corrected chi connectivity index (χ3v) is 1.63. The van der Waals surface area contributed by atoms with Crippen LogP contribution in [0.3, 0.4) is 0 Å². The monoisotopic (exact) mass is 215 g/mol. The Balaban J connectivity index is 2.46. The minimum absolute atomic E-state index is 0.134. The summed E-state index contributed by atoms with van der Waals surface area (Å²) in [5, 5.41) is 3.70. The molecule has 0 spiro atoms. The average molecular weight is 215 g/mol. The predicted octanol–water partition coefficient (Wildman–Crippen LogP) is 0.893. The van der Waals surface area contributed by atoms with E-state index >= 15 is 0 Å². The Morgan fingerprint density at radius 3 is 2.80 bits per heavy atom. The van der Waals surface area contributed by atoms with Crippen LogP contribution < -0.4 is 10.5 Å². The summed E-state index contributed by atoms with van der Waals surface area (Å²) in [4.78, 5) is 3.97. The lowest BCUT2D eigenvalue weighted by molar-refractivity contribution is 0.0665. The van der Waals surface area contributed by atoms with Gasteiger partial charge in [0.25, 0.3) is 0 Å². The molecule has 0 amide bonds. The number of ether oxygens (including phenoxy) is 2. The average Bonchev–Trinajstić information content (AvgIpc) is 2.63. The van der Waals surface area contributed by atoms with Crippen LogP contribution in [0.15, 0.2) is 4.52 Å². The predicted molar refractivity (Wildman–Crippen MR) is 53.5 cm³/mol. The van der Waals surface area contributed by atoms with Crippen molar-refractivity contribution in [3.8, 4) is 6.08 Å². The summed E-state index contributed by atoms with van der Waals surface area (Å²) >= 11 is 0. The third kappa shape index (κ3) is 3.85. The van der Waals surface area contributed by atoms with Crippen molar-refractivity contribution in [3.05, 3.63) is 5.82 Å². The quantitative estimate of drug-likeness (QED) is 0.758. The van der Waals surface area contributed by atoms with E-state index in [0.29, 0.717) is 19.0 Å². The zero-order valence-corrected chi connectivity index (χ0v) is 9.27. The Hall–Kier alpha value is -1.14. The molecule has 15 heavy (non-hydrogen) atoms. The van der Waals surface area contributed by atoms with Gasteiger partial charge in [-0.3, -0.25) is 4.52 Å². The lowest BCUT2D eigenvalue weighted by Crippen LogP contribution is -2.20. The van der Waals surface area contributed by atoms with Gasteiger partial charge in [-0.2, -0.15) is 4.98 Å². The molecular formula is C9H17N3O3. The molecule has 1 aromatic heterocycles. The van der Waals surface area contributed by atoms with Gasteiger partial charge in [0, 0.05) is 0 Å². The van der Waals surface area contributed by atoms with Crippen molar-refractivity contribution in [1.29, 1.82) is 0 Å². The van der Waals surface area contributed by atoms with Crippen molar-refractivity contribution < 1.29 is 14.0 Å². The van der Waals surface area contributed by atoms with E-state index in [2.05, 4.69) is 10.1 Å². The summed E-state index contributed by atoms with van der Waals surface area (Å²) in [7, 11) is 0. The summed E-state index contributed by atoms with van der Waals surface area (Å²) in [6.45, 7) is 6.57. The first kappa shape index (κ1) is 11.9. The van der Waals surface area contributed by atoms with Crippen molar-refractivity contribution >= 4 is 0 Å². The minimum atomic E-state index is -0.384. The third-order valence-electron chi connectivity index (χ3n) is 1.63. The second-order valence-corrected chi connectivity index (χ2v) is 3.34. The molecule has 1 heterocycles. The van der Waals surface area contributed by atoms with E-state index in [1.807, 2.05) is 20.8 Å². The van der Waals surface area contributed by atoms with Crippen molar-refractivity contribution in [1.82, 2.24) is 10.1 Å². The largest absolute Gasteiger partial charge is 0.449 e. The van der Waals surface area contributed by atoms with Gasteiger partial charge in [-0.25, -0.2) is 0 Å². The van der Waals surface area contributed by atoms with Gasteiger partial charge in [-0.15, -0.1) is 0 Å². The highest BCUT2D eigenvalue weighted by molar-refractivity contribution is 4.95. The first-order valence-electron chi connectivity index (χ1n) is 4.97. The van der Waals surface area contributed by atoms with Gasteiger partial charge in [0.2, 0.25) is 0 Å². The molecule has 1 unspecified atom stereocenters. The highest BCUT2D eigenvalue weighted by atomic mass is 16.6. The van der Waals surface area contributed by atoms with E-state index in [1.165, 1.54) is 0 Å². The van der Waals surface area contributed by atoms with Crippen LogP contribution in [0.25, 0.3) is 0 Å². The molecule has 1 atom stereocenters. The van der Waals surface area contributed by atoms with E-state index in [9.17, 15) is 0 Å². The second kappa shape index (κ2) is 5.67. The van der Waals surface area contributed by atoms with E-state index < -0.39 is 0 Å². The number of rotatable bonds is 6. The number of nitrogens with zero attached hydrogens (tertiary/aromatic N) is 2. The van der Waals surface area contributed by atoms with E-state index in [-0.39, 0.29) is 18.2 Å². The fourth-order valence-electron chi connectivity index (χ4n) is 0.924. The molecule has 1 rings (SSSR count). The summed E-state index contributed by atoms with van der Waals surface area (Å²) in [6.07, 6.45) is 0.279. The fraction of sp³-hybridized carbons (Fsp3) is 0.778.